The molecule has 5 heteroatoms. The van der Waals surface area contributed by atoms with Crippen molar-refractivity contribution in [1.29, 1.82) is 0 Å². The molecule has 4 nitrogen and oxygen atoms in total. The van der Waals surface area contributed by atoms with E-state index in [9.17, 15) is 14.3 Å². The zero-order chi connectivity index (χ0) is 12.1. The number of hydrogen-bond donors (Lipinski definition) is 1. The van der Waals surface area contributed by atoms with Crippen molar-refractivity contribution in [1.82, 2.24) is 0 Å². The lowest BCUT2D eigenvalue weighted by Crippen LogP contribution is -2.10. The SMILES string of the molecule is COC(=O)C[C@@H](O)c1c(F)cccc1OC. The smallest absolute Gasteiger partial charge is 0.308 e. The third-order valence-corrected chi connectivity index (χ3v) is 2.15. The quantitative estimate of drug-likeness (QED) is 0.792. The Morgan fingerprint density at radius 3 is 2.75 bits per heavy atom. The molecule has 0 fully saturated rings. The molecule has 0 unspecified atom stereocenters. The molecule has 0 bridgehead atoms. The molecule has 16 heavy (non-hydrogen) atoms. The lowest BCUT2D eigenvalue weighted by atomic mass is 10.0. The molecule has 1 aromatic carbocycles. The third-order valence-electron chi connectivity index (χ3n) is 2.15. The van der Waals surface area contributed by atoms with Gasteiger partial charge < -0.3 is 14.6 Å². The van der Waals surface area contributed by atoms with Crippen LogP contribution in [0.25, 0.3) is 0 Å². The van der Waals surface area contributed by atoms with Gasteiger partial charge in [0.1, 0.15) is 11.6 Å². The zero-order valence-corrected chi connectivity index (χ0v) is 9.07. The molecule has 0 spiro atoms. The Bertz CT molecular complexity index is 378. The van der Waals surface area contributed by atoms with Crippen LogP contribution in [0, 0.1) is 5.82 Å². The van der Waals surface area contributed by atoms with E-state index >= 15 is 0 Å². The molecule has 0 aliphatic rings. The zero-order valence-electron chi connectivity index (χ0n) is 9.07. The highest BCUT2D eigenvalue weighted by atomic mass is 19.1. The van der Waals surface area contributed by atoms with Gasteiger partial charge in [0.05, 0.1) is 32.3 Å². The molecule has 0 radical (unpaired) electrons. The minimum absolute atomic E-state index is 0.0320. The predicted molar refractivity (Wildman–Crippen MR) is 54.5 cm³/mol. The standard InChI is InChI=1S/C11H13FO4/c1-15-9-5-3-4-7(12)11(9)8(13)6-10(14)16-2/h3-5,8,13H,6H2,1-2H3/t8-/m1/s1. The van der Waals surface area contributed by atoms with Crippen LogP contribution in [0.2, 0.25) is 0 Å². The fraction of sp³-hybridized carbons (Fsp3) is 0.364. The largest absolute Gasteiger partial charge is 0.496 e. The van der Waals surface area contributed by atoms with Crippen molar-refractivity contribution in [2.45, 2.75) is 12.5 Å². The molecular formula is C11H13FO4. The Labute approximate surface area is 92.6 Å². The maximum atomic E-state index is 13.4. The highest BCUT2D eigenvalue weighted by molar-refractivity contribution is 5.70. The predicted octanol–water partition coefficient (Wildman–Crippen LogP) is 1.43. The van der Waals surface area contributed by atoms with E-state index < -0.39 is 17.9 Å². The summed E-state index contributed by atoms with van der Waals surface area (Å²) in [7, 11) is 2.57. The van der Waals surface area contributed by atoms with Gasteiger partial charge in [0.25, 0.3) is 0 Å². The average Bonchev–Trinajstić information content (AvgIpc) is 2.28. The van der Waals surface area contributed by atoms with Gasteiger partial charge in [-0.05, 0) is 12.1 Å². The lowest BCUT2D eigenvalue weighted by Gasteiger charge is -2.14. The molecule has 88 valence electrons. The van der Waals surface area contributed by atoms with Gasteiger partial charge in [0, 0.05) is 0 Å². The first-order chi connectivity index (χ1) is 7.60. The van der Waals surface area contributed by atoms with Gasteiger partial charge in [-0.25, -0.2) is 4.39 Å². The second kappa shape index (κ2) is 5.46. The Hall–Kier alpha value is -1.62. The first-order valence-electron chi connectivity index (χ1n) is 4.67. The number of hydrogen-bond acceptors (Lipinski definition) is 4. The molecule has 1 aromatic rings. The van der Waals surface area contributed by atoms with Crippen LogP contribution in [-0.2, 0) is 9.53 Å². The van der Waals surface area contributed by atoms with Crippen LogP contribution < -0.4 is 4.74 Å². The average molecular weight is 228 g/mol. The summed E-state index contributed by atoms with van der Waals surface area (Å²) in [5.41, 5.74) is -0.0320. The van der Waals surface area contributed by atoms with E-state index in [1.165, 1.54) is 32.4 Å². The van der Waals surface area contributed by atoms with Crippen molar-refractivity contribution in [3.8, 4) is 5.75 Å². The molecule has 0 aliphatic carbocycles. The van der Waals surface area contributed by atoms with Gasteiger partial charge in [-0.2, -0.15) is 0 Å². The monoisotopic (exact) mass is 228 g/mol. The van der Waals surface area contributed by atoms with Crippen LogP contribution in [0.15, 0.2) is 18.2 Å². The highest BCUT2D eigenvalue weighted by Gasteiger charge is 2.21. The topological polar surface area (TPSA) is 55.8 Å². The Morgan fingerprint density at radius 1 is 1.50 bits per heavy atom. The summed E-state index contributed by atoms with van der Waals surface area (Å²) in [5, 5.41) is 9.69. The van der Waals surface area contributed by atoms with Crippen molar-refractivity contribution in [2.75, 3.05) is 14.2 Å². The fourth-order valence-corrected chi connectivity index (χ4v) is 1.36. The first-order valence-corrected chi connectivity index (χ1v) is 4.67. The van der Waals surface area contributed by atoms with Crippen LogP contribution in [0.4, 0.5) is 4.39 Å². The normalized spacial score (nSPS) is 12.0. The van der Waals surface area contributed by atoms with E-state index in [2.05, 4.69) is 4.74 Å². The lowest BCUT2D eigenvalue weighted by molar-refractivity contribution is -0.142. The molecule has 0 heterocycles. The first kappa shape index (κ1) is 12.4. The number of methoxy groups -OCH3 is 2. The summed E-state index contributed by atoms with van der Waals surface area (Å²) in [4.78, 5) is 11.0. The Balaban J connectivity index is 2.97. The van der Waals surface area contributed by atoms with E-state index in [1.54, 1.807) is 0 Å². The third kappa shape index (κ3) is 2.70. The van der Waals surface area contributed by atoms with E-state index in [0.29, 0.717) is 0 Å². The van der Waals surface area contributed by atoms with Gasteiger partial charge in [0.15, 0.2) is 0 Å². The maximum Gasteiger partial charge on any atom is 0.308 e. The van der Waals surface area contributed by atoms with E-state index in [1.807, 2.05) is 0 Å². The number of aliphatic hydroxyl groups excluding tert-OH is 1. The van der Waals surface area contributed by atoms with Crippen molar-refractivity contribution < 1.29 is 23.8 Å². The van der Waals surface area contributed by atoms with Crippen molar-refractivity contribution in [3.05, 3.63) is 29.6 Å². The van der Waals surface area contributed by atoms with Crippen LogP contribution in [0.5, 0.6) is 5.75 Å². The molecule has 0 aromatic heterocycles. The minimum Gasteiger partial charge on any atom is -0.496 e. The summed E-state index contributed by atoms with van der Waals surface area (Å²) < 4.78 is 22.8. The molecule has 0 saturated carbocycles. The Morgan fingerprint density at radius 2 is 2.19 bits per heavy atom. The molecule has 0 aliphatic heterocycles. The fourth-order valence-electron chi connectivity index (χ4n) is 1.36. The molecule has 1 atom stereocenters. The van der Waals surface area contributed by atoms with Gasteiger partial charge in [-0.1, -0.05) is 6.07 Å². The minimum atomic E-state index is -1.27. The number of benzene rings is 1. The summed E-state index contributed by atoms with van der Waals surface area (Å²) >= 11 is 0. The molecule has 0 saturated heterocycles. The molecule has 1 N–H and O–H groups in total. The molecule has 1 rings (SSSR count). The van der Waals surface area contributed by atoms with E-state index in [4.69, 9.17) is 4.74 Å². The van der Waals surface area contributed by atoms with Gasteiger partial charge in [-0.15, -0.1) is 0 Å². The maximum absolute atomic E-state index is 13.4. The van der Waals surface area contributed by atoms with Crippen molar-refractivity contribution in [3.63, 3.8) is 0 Å². The second-order valence-electron chi connectivity index (χ2n) is 3.15. The number of aliphatic hydroxyl groups is 1. The summed E-state index contributed by atoms with van der Waals surface area (Å²) in [5.74, 6) is -1.02. The second-order valence-corrected chi connectivity index (χ2v) is 3.15. The van der Waals surface area contributed by atoms with Crippen molar-refractivity contribution >= 4 is 5.97 Å². The summed E-state index contributed by atoms with van der Waals surface area (Å²) in [6, 6.07) is 4.17. The molecule has 0 amide bonds. The number of carbonyl (C=O) groups excluding carboxylic acids is 1. The number of carbonyl (C=O) groups is 1. The van der Waals surface area contributed by atoms with Crippen LogP contribution in [0.3, 0.4) is 0 Å². The van der Waals surface area contributed by atoms with Crippen LogP contribution in [0.1, 0.15) is 18.1 Å². The summed E-state index contributed by atoms with van der Waals surface area (Å²) in [6.45, 7) is 0. The number of rotatable bonds is 4. The van der Waals surface area contributed by atoms with E-state index in [0.717, 1.165) is 0 Å². The Kier molecular flexibility index (Phi) is 4.25. The number of halogens is 1. The van der Waals surface area contributed by atoms with Gasteiger partial charge in [-0.3, -0.25) is 4.79 Å². The van der Waals surface area contributed by atoms with Gasteiger partial charge >= 0.3 is 5.97 Å². The summed E-state index contributed by atoms with van der Waals surface area (Å²) in [6.07, 6.45) is -1.59. The molecular weight excluding hydrogens is 215 g/mol. The van der Waals surface area contributed by atoms with E-state index in [-0.39, 0.29) is 17.7 Å². The van der Waals surface area contributed by atoms with Crippen molar-refractivity contribution in [2.24, 2.45) is 0 Å². The van der Waals surface area contributed by atoms with Gasteiger partial charge in [0.2, 0.25) is 0 Å². The number of ether oxygens (including phenoxy) is 2. The highest BCUT2D eigenvalue weighted by Crippen LogP contribution is 2.29. The van der Waals surface area contributed by atoms with Crippen LogP contribution in [-0.4, -0.2) is 25.3 Å². The van der Waals surface area contributed by atoms with Crippen LogP contribution >= 0.6 is 0 Å². The number of esters is 1.